The van der Waals surface area contributed by atoms with Crippen molar-refractivity contribution in [1.29, 1.82) is 5.26 Å². The molecule has 1 saturated heterocycles. The molecule has 0 atom stereocenters. The van der Waals surface area contributed by atoms with E-state index in [2.05, 4.69) is 16.4 Å². The maximum absolute atomic E-state index is 10.7. The topological polar surface area (TPSA) is 86.0 Å². The van der Waals surface area contributed by atoms with Gasteiger partial charge in [-0.2, -0.15) is 5.26 Å². The van der Waals surface area contributed by atoms with E-state index in [9.17, 15) is 10.1 Å². The Morgan fingerprint density at radius 1 is 1.62 bits per heavy atom. The molecule has 0 saturated carbocycles. The van der Waals surface area contributed by atoms with E-state index < -0.39 is 11.4 Å². The van der Waals surface area contributed by atoms with Gasteiger partial charge in [-0.25, -0.2) is 9.78 Å². The smallest absolute Gasteiger partial charge is 0.355 e. The largest absolute Gasteiger partial charge is 0.476 e. The van der Waals surface area contributed by atoms with Gasteiger partial charge in [0.1, 0.15) is 10.4 Å². The lowest BCUT2D eigenvalue weighted by atomic mass is 9.81. The SMILES string of the molecule is N#CC1(c2nc(C(=O)O)cs2)CCNCC1. The van der Waals surface area contributed by atoms with Gasteiger partial charge in [0.15, 0.2) is 5.69 Å². The second-order valence-electron chi connectivity index (χ2n) is 3.79. The third-order valence-corrected chi connectivity index (χ3v) is 3.85. The zero-order valence-corrected chi connectivity index (χ0v) is 9.38. The molecule has 0 amide bonds. The Labute approximate surface area is 96.7 Å². The first-order valence-corrected chi connectivity index (χ1v) is 5.87. The number of hydrogen-bond donors (Lipinski definition) is 2. The average Bonchev–Trinajstić information content (AvgIpc) is 2.80. The number of nitriles is 1. The third kappa shape index (κ3) is 1.79. The van der Waals surface area contributed by atoms with Gasteiger partial charge in [-0.3, -0.25) is 0 Å². The number of carboxylic acid groups (broad SMARTS) is 1. The molecule has 0 aromatic carbocycles. The van der Waals surface area contributed by atoms with Crippen molar-refractivity contribution in [3.05, 3.63) is 16.1 Å². The molecule has 0 bridgehead atoms. The molecule has 2 rings (SSSR count). The number of piperidine rings is 1. The van der Waals surface area contributed by atoms with E-state index in [0.717, 1.165) is 13.1 Å². The minimum atomic E-state index is -1.04. The summed E-state index contributed by atoms with van der Waals surface area (Å²) >= 11 is 1.27. The van der Waals surface area contributed by atoms with Crippen molar-refractivity contribution in [2.24, 2.45) is 0 Å². The molecule has 1 fully saturated rings. The minimum absolute atomic E-state index is 0.0353. The normalized spacial score (nSPS) is 18.9. The van der Waals surface area contributed by atoms with E-state index in [0.29, 0.717) is 17.8 Å². The summed E-state index contributed by atoms with van der Waals surface area (Å²) in [5.41, 5.74) is -0.558. The fraction of sp³-hybridized carbons (Fsp3) is 0.500. The molecule has 2 heterocycles. The van der Waals surface area contributed by atoms with Gasteiger partial charge >= 0.3 is 5.97 Å². The van der Waals surface area contributed by atoms with Gasteiger partial charge in [0.25, 0.3) is 0 Å². The Kier molecular flexibility index (Phi) is 2.90. The molecule has 2 N–H and O–H groups in total. The first-order valence-electron chi connectivity index (χ1n) is 4.99. The number of aromatic nitrogens is 1. The van der Waals surface area contributed by atoms with Crippen LogP contribution in [0, 0.1) is 11.3 Å². The molecule has 5 nitrogen and oxygen atoms in total. The second kappa shape index (κ2) is 4.20. The molecule has 1 aromatic rings. The molecule has 0 aliphatic carbocycles. The molecule has 0 unspecified atom stereocenters. The van der Waals surface area contributed by atoms with Crippen LogP contribution in [-0.2, 0) is 5.41 Å². The van der Waals surface area contributed by atoms with Crippen molar-refractivity contribution in [1.82, 2.24) is 10.3 Å². The number of carbonyl (C=O) groups is 1. The van der Waals surface area contributed by atoms with Crippen LogP contribution in [0.1, 0.15) is 28.3 Å². The summed E-state index contributed by atoms with van der Waals surface area (Å²) in [6.45, 7) is 1.55. The number of hydrogen-bond acceptors (Lipinski definition) is 5. The van der Waals surface area contributed by atoms with Gasteiger partial charge in [-0.1, -0.05) is 0 Å². The molecule has 16 heavy (non-hydrogen) atoms. The van der Waals surface area contributed by atoms with Crippen LogP contribution in [0.15, 0.2) is 5.38 Å². The third-order valence-electron chi connectivity index (χ3n) is 2.80. The highest BCUT2D eigenvalue weighted by Gasteiger charge is 2.37. The number of thiazole rings is 1. The fourth-order valence-corrected chi connectivity index (χ4v) is 2.82. The maximum Gasteiger partial charge on any atom is 0.355 e. The summed E-state index contributed by atoms with van der Waals surface area (Å²) in [5, 5.41) is 23.4. The van der Waals surface area contributed by atoms with Crippen molar-refractivity contribution < 1.29 is 9.90 Å². The van der Waals surface area contributed by atoms with Crippen LogP contribution in [0.4, 0.5) is 0 Å². The standard InChI is InChI=1S/C10H11N3O2S/c11-6-10(1-3-12-4-2-10)9-13-7(5-16-9)8(14)15/h5,12H,1-4H2,(H,14,15). The van der Waals surface area contributed by atoms with E-state index >= 15 is 0 Å². The summed E-state index contributed by atoms with van der Waals surface area (Å²) in [6.07, 6.45) is 1.38. The van der Waals surface area contributed by atoms with Crippen molar-refractivity contribution in [2.45, 2.75) is 18.3 Å². The van der Waals surface area contributed by atoms with Gasteiger partial charge in [0.05, 0.1) is 6.07 Å². The lowest BCUT2D eigenvalue weighted by molar-refractivity contribution is 0.0691. The van der Waals surface area contributed by atoms with Gasteiger partial charge in [-0.15, -0.1) is 11.3 Å². The predicted molar refractivity (Wildman–Crippen MR) is 58.5 cm³/mol. The lowest BCUT2D eigenvalue weighted by Crippen LogP contribution is -2.38. The number of nitrogens with one attached hydrogen (secondary N) is 1. The summed E-state index contributed by atoms with van der Waals surface area (Å²) < 4.78 is 0. The minimum Gasteiger partial charge on any atom is -0.476 e. The first kappa shape index (κ1) is 11.0. The van der Waals surface area contributed by atoms with Gasteiger partial charge in [0.2, 0.25) is 0 Å². The molecule has 0 spiro atoms. The number of rotatable bonds is 2. The van der Waals surface area contributed by atoms with Crippen LogP contribution >= 0.6 is 11.3 Å². The molecule has 84 valence electrons. The Hall–Kier alpha value is -1.45. The Bertz CT molecular complexity index is 443. The van der Waals surface area contributed by atoms with Gasteiger partial charge in [0, 0.05) is 5.38 Å². The molecule has 6 heteroatoms. The van der Waals surface area contributed by atoms with Crippen molar-refractivity contribution in [3.8, 4) is 6.07 Å². The molecule has 1 aliphatic rings. The average molecular weight is 237 g/mol. The van der Waals surface area contributed by atoms with E-state index in [1.54, 1.807) is 0 Å². The Morgan fingerprint density at radius 3 is 2.81 bits per heavy atom. The summed E-state index contributed by atoms with van der Waals surface area (Å²) in [4.78, 5) is 14.8. The van der Waals surface area contributed by atoms with Crippen LogP contribution in [0.25, 0.3) is 0 Å². The van der Waals surface area contributed by atoms with Gasteiger partial charge < -0.3 is 10.4 Å². The van der Waals surface area contributed by atoms with Crippen LogP contribution in [0.2, 0.25) is 0 Å². The zero-order chi connectivity index (χ0) is 11.6. The summed E-state index contributed by atoms with van der Waals surface area (Å²) in [5.74, 6) is -1.04. The van der Waals surface area contributed by atoms with Crippen molar-refractivity contribution in [3.63, 3.8) is 0 Å². The number of nitrogens with zero attached hydrogens (tertiary/aromatic N) is 2. The molecular formula is C10H11N3O2S. The Balaban J connectivity index is 2.33. The van der Waals surface area contributed by atoms with E-state index in [1.165, 1.54) is 16.7 Å². The molecule has 1 aromatic heterocycles. The highest BCUT2D eigenvalue weighted by Crippen LogP contribution is 2.34. The van der Waals surface area contributed by atoms with Crippen LogP contribution < -0.4 is 5.32 Å². The molecule has 1 aliphatic heterocycles. The van der Waals surface area contributed by atoms with Crippen molar-refractivity contribution in [2.75, 3.05) is 13.1 Å². The second-order valence-corrected chi connectivity index (χ2v) is 4.65. The highest BCUT2D eigenvalue weighted by atomic mass is 32.1. The van der Waals surface area contributed by atoms with Crippen LogP contribution in [0.3, 0.4) is 0 Å². The molecular weight excluding hydrogens is 226 g/mol. The van der Waals surface area contributed by atoms with E-state index in [4.69, 9.17) is 5.11 Å². The highest BCUT2D eigenvalue weighted by molar-refractivity contribution is 7.10. The van der Waals surface area contributed by atoms with Crippen LogP contribution in [0.5, 0.6) is 0 Å². The lowest BCUT2D eigenvalue weighted by Gasteiger charge is -2.28. The first-order chi connectivity index (χ1) is 7.68. The monoisotopic (exact) mass is 237 g/mol. The summed E-state index contributed by atoms with van der Waals surface area (Å²) in [6, 6.07) is 2.30. The Morgan fingerprint density at radius 2 is 2.31 bits per heavy atom. The summed E-state index contributed by atoms with van der Waals surface area (Å²) in [7, 11) is 0. The number of aromatic carboxylic acids is 1. The predicted octanol–water partition coefficient (Wildman–Crippen LogP) is 0.986. The molecule has 0 radical (unpaired) electrons. The number of carboxylic acids is 1. The van der Waals surface area contributed by atoms with Crippen molar-refractivity contribution >= 4 is 17.3 Å². The van der Waals surface area contributed by atoms with E-state index in [-0.39, 0.29) is 5.69 Å². The zero-order valence-electron chi connectivity index (χ0n) is 8.56. The quantitative estimate of drug-likeness (QED) is 0.801. The van der Waals surface area contributed by atoms with Crippen LogP contribution in [-0.4, -0.2) is 29.1 Å². The van der Waals surface area contributed by atoms with E-state index in [1.807, 2.05) is 0 Å². The fourth-order valence-electron chi connectivity index (χ4n) is 1.82. The van der Waals surface area contributed by atoms with Gasteiger partial charge in [-0.05, 0) is 25.9 Å². The maximum atomic E-state index is 10.7.